The molecule has 0 aliphatic carbocycles. The van der Waals surface area contributed by atoms with Crippen LogP contribution in [0.3, 0.4) is 0 Å². The van der Waals surface area contributed by atoms with Crippen LogP contribution < -0.4 is 10.1 Å². The van der Waals surface area contributed by atoms with Gasteiger partial charge in [0.15, 0.2) is 0 Å². The van der Waals surface area contributed by atoms with Crippen LogP contribution in [0.5, 0.6) is 5.88 Å². The second-order valence-electron chi connectivity index (χ2n) is 4.55. The maximum absolute atomic E-state index is 13.6. The van der Waals surface area contributed by atoms with Crippen LogP contribution in [0.25, 0.3) is 0 Å². The van der Waals surface area contributed by atoms with Gasteiger partial charge in [-0.25, -0.2) is 9.37 Å². The molecule has 0 amide bonds. The van der Waals surface area contributed by atoms with E-state index in [-0.39, 0.29) is 5.82 Å². The summed E-state index contributed by atoms with van der Waals surface area (Å²) in [6.07, 6.45) is 1.64. The molecular weight excluding hydrogens is 257 g/mol. The SMILES string of the molecule is CCOc1ccnc(NCc2cc(C)c(F)c(C)c2)n1. The van der Waals surface area contributed by atoms with E-state index in [0.29, 0.717) is 36.1 Å². The van der Waals surface area contributed by atoms with E-state index in [1.54, 1.807) is 26.1 Å². The molecule has 4 nitrogen and oxygen atoms in total. The van der Waals surface area contributed by atoms with Crippen LogP contribution in [0, 0.1) is 19.7 Å². The summed E-state index contributed by atoms with van der Waals surface area (Å²) >= 11 is 0. The van der Waals surface area contributed by atoms with Gasteiger partial charge in [0, 0.05) is 18.8 Å². The Morgan fingerprint density at radius 2 is 1.95 bits per heavy atom. The number of hydrogen-bond donors (Lipinski definition) is 1. The van der Waals surface area contributed by atoms with E-state index in [9.17, 15) is 4.39 Å². The van der Waals surface area contributed by atoms with E-state index in [1.165, 1.54) is 0 Å². The Kier molecular flexibility index (Phi) is 4.50. The van der Waals surface area contributed by atoms with Crippen molar-refractivity contribution in [1.29, 1.82) is 0 Å². The Morgan fingerprint density at radius 1 is 1.25 bits per heavy atom. The number of anilines is 1. The number of hydrogen-bond acceptors (Lipinski definition) is 4. The third-order valence-electron chi connectivity index (χ3n) is 2.87. The highest BCUT2D eigenvalue weighted by atomic mass is 19.1. The highest BCUT2D eigenvalue weighted by Crippen LogP contribution is 2.16. The molecule has 0 spiro atoms. The van der Waals surface area contributed by atoms with Crippen molar-refractivity contribution in [1.82, 2.24) is 9.97 Å². The fraction of sp³-hybridized carbons (Fsp3) is 0.333. The molecule has 0 saturated heterocycles. The average Bonchev–Trinajstić information content (AvgIpc) is 2.43. The van der Waals surface area contributed by atoms with Gasteiger partial charge in [-0.15, -0.1) is 0 Å². The largest absolute Gasteiger partial charge is 0.478 e. The van der Waals surface area contributed by atoms with E-state index in [4.69, 9.17) is 4.74 Å². The van der Waals surface area contributed by atoms with E-state index >= 15 is 0 Å². The maximum Gasteiger partial charge on any atom is 0.226 e. The van der Waals surface area contributed by atoms with Crippen LogP contribution in [-0.4, -0.2) is 16.6 Å². The second kappa shape index (κ2) is 6.32. The average molecular weight is 275 g/mol. The van der Waals surface area contributed by atoms with Gasteiger partial charge in [0.25, 0.3) is 0 Å². The maximum atomic E-state index is 13.6. The van der Waals surface area contributed by atoms with Gasteiger partial charge in [0.1, 0.15) is 5.82 Å². The van der Waals surface area contributed by atoms with Crippen molar-refractivity contribution in [3.63, 3.8) is 0 Å². The normalized spacial score (nSPS) is 10.4. The predicted octanol–water partition coefficient (Wildman–Crippen LogP) is 3.24. The summed E-state index contributed by atoms with van der Waals surface area (Å²) in [6.45, 7) is 6.53. The van der Waals surface area contributed by atoms with Crippen LogP contribution in [0.2, 0.25) is 0 Å². The Balaban J connectivity index is 2.07. The lowest BCUT2D eigenvalue weighted by Gasteiger charge is -2.09. The lowest BCUT2D eigenvalue weighted by Crippen LogP contribution is -2.06. The Bertz CT molecular complexity index is 578. The van der Waals surface area contributed by atoms with Crippen LogP contribution >= 0.6 is 0 Å². The number of aromatic nitrogens is 2. The molecule has 5 heteroatoms. The van der Waals surface area contributed by atoms with Gasteiger partial charge in [0.2, 0.25) is 11.8 Å². The summed E-state index contributed by atoms with van der Waals surface area (Å²) in [7, 11) is 0. The van der Waals surface area contributed by atoms with Crippen molar-refractivity contribution in [2.75, 3.05) is 11.9 Å². The molecule has 1 N–H and O–H groups in total. The van der Waals surface area contributed by atoms with E-state index in [1.807, 2.05) is 19.1 Å². The van der Waals surface area contributed by atoms with Crippen LogP contribution in [0.4, 0.5) is 10.3 Å². The van der Waals surface area contributed by atoms with Gasteiger partial charge in [-0.3, -0.25) is 0 Å². The number of aryl methyl sites for hydroxylation is 2. The first-order valence-electron chi connectivity index (χ1n) is 6.55. The zero-order valence-corrected chi connectivity index (χ0v) is 11.9. The lowest BCUT2D eigenvalue weighted by molar-refractivity contribution is 0.326. The predicted molar refractivity (Wildman–Crippen MR) is 76.4 cm³/mol. The molecule has 0 fully saturated rings. The molecule has 0 bridgehead atoms. The van der Waals surface area contributed by atoms with E-state index < -0.39 is 0 Å². The van der Waals surface area contributed by atoms with Crippen molar-refractivity contribution in [3.8, 4) is 5.88 Å². The Labute approximate surface area is 118 Å². The zero-order valence-electron chi connectivity index (χ0n) is 11.9. The minimum Gasteiger partial charge on any atom is -0.478 e. The zero-order chi connectivity index (χ0) is 14.5. The molecule has 0 aliphatic heterocycles. The second-order valence-corrected chi connectivity index (χ2v) is 4.55. The van der Waals surface area contributed by atoms with Gasteiger partial charge in [0.05, 0.1) is 6.61 Å². The molecule has 0 unspecified atom stereocenters. The highest BCUT2D eigenvalue weighted by Gasteiger charge is 2.05. The van der Waals surface area contributed by atoms with Crippen LogP contribution in [0.15, 0.2) is 24.4 Å². The van der Waals surface area contributed by atoms with Gasteiger partial charge in [-0.1, -0.05) is 12.1 Å². The van der Waals surface area contributed by atoms with Crippen molar-refractivity contribution in [2.45, 2.75) is 27.3 Å². The van der Waals surface area contributed by atoms with Crippen molar-refractivity contribution in [2.24, 2.45) is 0 Å². The first-order valence-corrected chi connectivity index (χ1v) is 6.55. The summed E-state index contributed by atoms with van der Waals surface area (Å²) in [5, 5.41) is 3.11. The Morgan fingerprint density at radius 3 is 2.60 bits per heavy atom. The molecule has 1 aromatic carbocycles. The quantitative estimate of drug-likeness (QED) is 0.910. The minimum absolute atomic E-state index is 0.150. The van der Waals surface area contributed by atoms with Gasteiger partial charge in [-0.05, 0) is 37.5 Å². The standard InChI is InChI=1S/C15H18FN3O/c1-4-20-13-5-6-17-15(19-13)18-9-12-7-10(2)14(16)11(3)8-12/h5-8H,4,9H2,1-3H3,(H,17,18,19). The van der Waals surface area contributed by atoms with Crippen LogP contribution in [-0.2, 0) is 6.54 Å². The number of rotatable bonds is 5. The molecule has 0 aliphatic rings. The summed E-state index contributed by atoms with van der Waals surface area (Å²) in [5.41, 5.74) is 2.28. The number of benzene rings is 1. The van der Waals surface area contributed by atoms with Gasteiger partial charge >= 0.3 is 0 Å². The molecule has 0 radical (unpaired) electrons. The summed E-state index contributed by atoms with van der Waals surface area (Å²) in [4.78, 5) is 8.34. The third kappa shape index (κ3) is 3.44. The number of halogens is 1. The fourth-order valence-electron chi connectivity index (χ4n) is 1.97. The molecule has 1 heterocycles. The smallest absolute Gasteiger partial charge is 0.226 e. The molecule has 1 aromatic heterocycles. The highest BCUT2D eigenvalue weighted by molar-refractivity contribution is 5.34. The van der Waals surface area contributed by atoms with Crippen molar-refractivity contribution < 1.29 is 9.13 Å². The molecule has 0 atom stereocenters. The lowest BCUT2D eigenvalue weighted by atomic mass is 10.1. The monoisotopic (exact) mass is 275 g/mol. The summed E-state index contributed by atoms with van der Waals surface area (Å²) in [6, 6.07) is 5.35. The number of nitrogens with zero attached hydrogens (tertiary/aromatic N) is 2. The molecule has 0 saturated carbocycles. The Hall–Kier alpha value is -2.17. The van der Waals surface area contributed by atoms with E-state index in [0.717, 1.165) is 5.56 Å². The molecule has 106 valence electrons. The summed E-state index contributed by atoms with van der Waals surface area (Å²) < 4.78 is 18.9. The van der Waals surface area contributed by atoms with Crippen molar-refractivity contribution in [3.05, 3.63) is 46.9 Å². The van der Waals surface area contributed by atoms with Gasteiger partial charge in [-0.2, -0.15) is 4.98 Å². The third-order valence-corrected chi connectivity index (χ3v) is 2.87. The first-order chi connectivity index (χ1) is 9.60. The topological polar surface area (TPSA) is 47.0 Å². The van der Waals surface area contributed by atoms with Crippen molar-refractivity contribution >= 4 is 5.95 Å². The first kappa shape index (κ1) is 14.2. The fourth-order valence-corrected chi connectivity index (χ4v) is 1.97. The molecular formula is C15H18FN3O. The molecule has 2 aromatic rings. The molecule has 2 rings (SSSR count). The number of ether oxygens (including phenoxy) is 1. The number of nitrogens with one attached hydrogen (secondary N) is 1. The van der Waals surface area contributed by atoms with Crippen LogP contribution in [0.1, 0.15) is 23.6 Å². The summed E-state index contributed by atoms with van der Waals surface area (Å²) in [5.74, 6) is 0.885. The van der Waals surface area contributed by atoms with Gasteiger partial charge < -0.3 is 10.1 Å². The molecule has 20 heavy (non-hydrogen) atoms. The van der Waals surface area contributed by atoms with E-state index in [2.05, 4.69) is 15.3 Å². The minimum atomic E-state index is -0.150.